The molecule has 0 bridgehead atoms. The SMILES string of the molecule is O=C1COc2ccccc2N1Cc1ccc([N+](=O)[O-])cc1. The van der Waals surface area contributed by atoms with Gasteiger partial charge in [0.05, 0.1) is 17.2 Å². The van der Waals surface area contributed by atoms with Gasteiger partial charge in [-0.05, 0) is 17.7 Å². The molecule has 106 valence electrons. The average molecular weight is 284 g/mol. The minimum atomic E-state index is -0.445. The standard InChI is InChI=1S/C15H12N2O4/c18-15-10-21-14-4-2-1-3-13(14)16(15)9-11-5-7-12(8-6-11)17(19)20/h1-8H,9-10H2. The molecule has 2 aromatic carbocycles. The molecule has 0 aromatic heterocycles. The molecule has 1 heterocycles. The Labute approximate surface area is 120 Å². The van der Waals surface area contributed by atoms with Gasteiger partial charge in [0.15, 0.2) is 6.61 Å². The molecule has 0 N–H and O–H groups in total. The van der Waals surface area contributed by atoms with Crippen LogP contribution in [0.1, 0.15) is 5.56 Å². The molecule has 0 fully saturated rings. The first kappa shape index (κ1) is 13.1. The number of hydrogen-bond donors (Lipinski definition) is 0. The molecule has 21 heavy (non-hydrogen) atoms. The summed E-state index contributed by atoms with van der Waals surface area (Å²) in [5.41, 5.74) is 1.57. The molecule has 1 amide bonds. The Hall–Kier alpha value is -2.89. The zero-order chi connectivity index (χ0) is 14.8. The van der Waals surface area contributed by atoms with Crippen molar-refractivity contribution in [3.05, 3.63) is 64.2 Å². The van der Waals surface area contributed by atoms with Gasteiger partial charge in [-0.1, -0.05) is 24.3 Å². The van der Waals surface area contributed by atoms with Gasteiger partial charge in [0.1, 0.15) is 5.75 Å². The Morgan fingerprint density at radius 1 is 1.14 bits per heavy atom. The summed E-state index contributed by atoms with van der Waals surface area (Å²) in [6.45, 7) is 0.362. The highest BCUT2D eigenvalue weighted by atomic mass is 16.6. The lowest BCUT2D eigenvalue weighted by Gasteiger charge is -2.29. The molecule has 0 atom stereocenters. The van der Waals surface area contributed by atoms with Crippen LogP contribution in [0.15, 0.2) is 48.5 Å². The lowest BCUT2D eigenvalue weighted by atomic mass is 10.1. The molecular weight excluding hydrogens is 272 g/mol. The van der Waals surface area contributed by atoms with E-state index in [2.05, 4.69) is 0 Å². The molecule has 0 saturated carbocycles. The van der Waals surface area contributed by atoms with Gasteiger partial charge in [-0.3, -0.25) is 14.9 Å². The third-order valence-electron chi connectivity index (χ3n) is 3.30. The van der Waals surface area contributed by atoms with E-state index in [9.17, 15) is 14.9 Å². The molecule has 0 radical (unpaired) electrons. The molecule has 3 rings (SSSR count). The Bertz CT molecular complexity index is 697. The second-order valence-corrected chi connectivity index (χ2v) is 4.66. The molecule has 0 unspecified atom stereocenters. The van der Waals surface area contributed by atoms with Crippen molar-refractivity contribution in [1.29, 1.82) is 0 Å². The van der Waals surface area contributed by atoms with Gasteiger partial charge in [0, 0.05) is 12.1 Å². The fourth-order valence-corrected chi connectivity index (χ4v) is 2.23. The predicted octanol–water partition coefficient (Wildman–Crippen LogP) is 2.52. The summed E-state index contributed by atoms with van der Waals surface area (Å²) < 4.78 is 5.37. The molecule has 1 aliphatic rings. The molecule has 1 aliphatic heterocycles. The lowest BCUT2D eigenvalue weighted by Crippen LogP contribution is -2.38. The van der Waals surface area contributed by atoms with Crippen molar-refractivity contribution in [3.63, 3.8) is 0 Å². The van der Waals surface area contributed by atoms with Gasteiger partial charge in [-0.25, -0.2) is 0 Å². The van der Waals surface area contributed by atoms with Crippen LogP contribution < -0.4 is 9.64 Å². The monoisotopic (exact) mass is 284 g/mol. The molecule has 6 nitrogen and oxygen atoms in total. The van der Waals surface area contributed by atoms with Crippen molar-refractivity contribution < 1.29 is 14.5 Å². The number of anilines is 1. The number of fused-ring (bicyclic) bond motifs is 1. The van der Waals surface area contributed by atoms with Crippen LogP contribution in [0.3, 0.4) is 0 Å². The van der Waals surface area contributed by atoms with Crippen LogP contribution in [0.4, 0.5) is 11.4 Å². The second-order valence-electron chi connectivity index (χ2n) is 4.66. The number of para-hydroxylation sites is 2. The first-order valence-electron chi connectivity index (χ1n) is 6.40. The van der Waals surface area contributed by atoms with Crippen molar-refractivity contribution in [3.8, 4) is 5.75 Å². The van der Waals surface area contributed by atoms with Gasteiger partial charge >= 0.3 is 0 Å². The Kier molecular flexibility index (Phi) is 3.27. The normalized spacial score (nSPS) is 13.5. The first-order valence-corrected chi connectivity index (χ1v) is 6.40. The van der Waals surface area contributed by atoms with Gasteiger partial charge in [-0.15, -0.1) is 0 Å². The van der Waals surface area contributed by atoms with E-state index in [0.717, 1.165) is 5.56 Å². The second kappa shape index (κ2) is 5.24. The summed E-state index contributed by atoms with van der Waals surface area (Å²) in [5.74, 6) is 0.533. The van der Waals surface area contributed by atoms with Crippen LogP contribution in [-0.2, 0) is 11.3 Å². The third-order valence-corrected chi connectivity index (χ3v) is 3.30. The van der Waals surface area contributed by atoms with E-state index in [1.165, 1.54) is 12.1 Å². The summed E-state index contributed by atoms with van der Waals surface area (Å²) >= 11 is 0. The van der Waals surface area contributed by atoms with Crippen LogP contribution in [-0.4, -0.2) is 17.4 Å². The number of hydrogen-bond acceptors (Lipinski definition) is 4. The first-order chi connectivity index (χ1) is 10.1. The highest BCUT2D eigenvalue weighted by molar-refractivity contribution is 5.97. The van der Waals surface area contributed by atoms with Gasteiger partial charge < -0.3 is 9.64 Å². The summed E-state index contributed by atoms with van der Waals surface area (Å²) in [4.78, 5) is 23.9. The number of ether oxygens (including phenoxy) is 1. The van der Waals surface area contributed by atoms with Crippen LogP contribution >= 0.6 is 0 Å². The maximum atomic E-state index is 12.0. The lowest BCUT2D eigenvalue weighted by molar-refractivity contribution is -0.384. The summed E-state index contributed by atoms with van der Waals surface area (Å²) in [6.07, 6.45) is 0. The highest BCUT2D eigenvalue weighted by Crippen LogP contribution is 2.32. The zero-order valence-corrected chi connectivity index (χ0v) is 11.1. The number of nitrogens with zero attached hydrogens (tertiary/aromatic N) is 2. The predicted molar refractivity (Wildman–Crippen MR) is 76.2 cm³/mol. The quantitative estimate of drug-likeness (QED) is 0.641. The molecule has 0 saturated heterocycles. The summed E-state index contributed by atoms with van der Waals surface area (Å²) in [6, 6.07) is 13.5. The topological polar surface area (TPSA) is 72.7 Å². The van der Waals surface area contributed by atoms with E-state index >= 15 is 0 Å². The van der Waals surface area contributed by atoms with E-state index in [0.29, 0.717) is 18.0 Å². The molecule has 0 aliphatic carbocycles. The fourth-order valence-electron chi connectivity index (χ4n) is 2.23. The number of benzene rings is 2. The average Bonchev–Trinajstić information content (AvgIpc) is 2.51. The van der Waals surface area contributed by atoms with E-state index in [1.54, 1.807) is 17.0 Å². The van der Waals surface area contributed by atoms with Gasteiger partial charge in [-0.2, -0.15) is 0 Å². The fraction of sp³-hybridized carbons (Fsp3) is 0.133. The Balaban J connectivity index is 1.87. The number of nitro groups is 1. The minimum Gasteiger partial charge on any atom is -0.482 e. The number of nitro benzene ring substituents is 1. The maximum Gasteiger partial charge on any atom is 0.269 e. The van der Waals surface area contributed by atoms with Crippen LogP contribution in [0.2, 0.25) is 0 Å². The van der Waals surface area contributed by atoms with Crippen LogP contribution in [0, 0.1) is 10.1 Å². The minimum absolute atomic E-state index is 0.00396. The van der Waals surface area contributed by atoms with Crippen LogP contribution in [0.5, 0.6) is 5.75 Å². The summed E-state index contributed by atoms with van der Waals surface area (Å²) in [5, 5.41) is 10.6. The third kappa shape index (κ3) is 2.55. The van der Waals surface area contributed by atoms with Crippen molar-refractivity contribution in [2.45, 2.75) is 6.54 Å². The molecule has 0 spiro atoms. The molecule has 6 heteroatoms. The Morgan fingerprint density at radius 3 is 2.57 bits per heavy atom. The number of non-ortho nitro benzene ring substituents is 1. The largest absolute Gasteiger partial charge is 0.482 e. The van der Waals surface area contributed by atoms with E-state index in [1.807, 2.05) is 24.3 Å². The van der Waals surface area contributed by atoms with Crippen molar-refractivity contribution in [1.82, 2.24) is 0 Å². The number of carbonyl (C=O) groups excluding carboxylic acids is 1. The van der Waals surface area contributed by atoms with Crippen molar-refractivity contribution in [2.24, 2.45) is 0 Å². The highest BCUT2D eigenvalue weighted by Gasteiger charge is 2.25. The summed E-state index contributed by atoms with van der Waals surface area (Å²) in [7, 11) is 0. The van der Waals surface area contributed by atoms with Crippen LogP contribution in [0.25, 0.3) is 0 Å². The van der Waals surface area contributed by atoms with Crippen molar-refractivity contribution in [2.75, 3.05) is 11.5 Å². The van der Waals surface area contributed by atoms with Gasteiger partial charge in [0.25, 0.3) is 11.6 Å². The van der Waals surface area contributed by atoms with E-state index < -0.39 is 4.92 Å². The number of amides is 1. The van der Waals surface area contributed by atoms with Gasteiger partial charge in [0.2, 0.25) is 0 Å². The van der Waals surface area contributed by atoms with E-state index in [4.69, 9.17) is 4.74 Å². The van der Waals surface area contributed by atoms with Crippen molar-refractivity contribution >= 4 is 17.3 Å². The zero-order valence-electron chi connectivity index (χ0n) is 11.1. The molecule has 2 aromatic rings. The number of carbonyl (C=O) groups is 1. The number of rotatable bonds is 3. The van der Waals surface area contributed by atoms with E-state index in [-0.39, 0.29) is 18.2 Å². The molecular formula is C15H12N2O4. The maximum absolute atomic E-state index is 12.0. The smallest absolute Gasteiger partial charge is 0.269 e. The Morgan fingerprint density at radius 2 is 1.86 bits per heavy atom.